The molecule has 6 nitrogen and oxygen atoms in total. The Morgan fingerprint density at radius 3 is 2.22 bits per heavy atom. The van der Waals surface area contributed by atoms with Crippen LogP contribution in [-0.4, -0.2) is 54.2 Å². The van der Waals surface area contributed by atoms with Gasteiger partial charge in [-0.15, -0.1) is 0 Å². The lowest BCUT2D eigenvalue weighted by Gasteiger charge is -2.57. The number of hydrogen-bond acceptors (Lipinski definition) is 6. The lowest BCUT2D eigenvalue weighted by Crippen LogP contribution is -2.55. The highest BCUT2D eigenvalue weighted by Gasteiger charge is 2.62. The number of methoxy groups -OCH3 is 1. The molecule has 0 aliphatic heterocycles. The van der Waals surface area contributed by atoms with Crippen molar-refractivity contribution in [3.05, 3.63) is 0 Å². The van der Waals surface area contributed by atoms with Crippen LogP contribution in [0.15, 0.2) is 0 Å². The molecule has 41 heavy (non-hydrogen) atoms. The van der Waals surface area contributed by atoms with Crippen molar-refractivity contribution < 1.29 is 42.1 Å². The van der Waals surface area contributed by atoms with E-state index in [0.29, 0.717) is 30.1 Å². The largest absolute Gasteiger partial charge is 0.460 e. The van der Waals surface area contributed by atoms with Crippen LogP contribution in [0, 0.1) is 46.8 Å². The van der Waals surface area contributed by atoms with E-state index in [2.05, 4.69) is 13.8 Å². The summed E-state index contributed by atoms with van der Waals surface area (Å²) in [4.78, 5) is 24.8. The summed E-state index contributed by atoms with van der Waals surface area (Å²) in [6.45, 7) is 10.2. The Hall–Kier alpha value is -1.35. The molecule has 0 amide bonds. The van der Waals surface area contributed by atoms with Gasteiger partial charge in [0.25, 0.3) is 0 Å². The summed E-state index contributed by atoms with van der Waals surface area (Å²) in [5, 5.41) is 10.4. The maximum atomic E-state index is 13.6. The van der Waals surface area contributed by atoms with Crippen molar-refractivity contribution in [2.75, 3.05) is 13.7 Å². The number of alkyl halides is 3. The second-order valence-electron chi connectivity index (χ2n) is 14.9. The molecule has 0 spiro atoms. The lowest BCUT2D eigenvalue weighted by molar-refractivity contribution is -0.282. The molecule has 4 aliphatic carbocycles. The number of carbonyl (C=O) groups excluding carboxylic acids is 2. The number of carbonyl (C=O) groups is 2. The fourth-order valence-corrected chi connectivity index (χ4v) is 9.58. The highest BCUT2D eigenvalue weighted by Crippen LogP contribution is 2.66. The van der Waals surface area contributed by atoms with Crippen molar-refractivity contribution in [2.24, 2.45) is 46.8 Å². The summed E-state index contributed by atoms with van der Waals surface area (Å²) in [5.41, 5.74) is -3.06. The molecule has 9 heteroatoms. The number of aliphatic hydroxyl groups is 1. The quantitative estimate of drug-likeness (QED) is 0.312. The maximum Gasteiger partial charge on any atom is 0.417 e. The van der Waals surface area contributed by atoms with E-state index < -0.39 is 35.4 Å². The average Bonchev–Trinajstić information content (AvgIpc) is 3.22. The van der Waals surface area contributed by atoms with Crippen LogP contribution in [0.5, 0.6) is 0 Å². The molecule has 0 heterocycles. The topological polar surface area (TPSA) is 82.1 Å². The van der Waals surface area contributed by atoms with E-state index >= 15 is 0 Å². The molecule has 0 unspecified atom stereocenters. The van der Waals surface area contributed by atoms with E-state index in [4.69, 9.17) is 14.2 Å². The van der Waals surface area contributed by atoms with E-state index in [9.17, 15) is 27.9 Å². The van der Waals surface area contributed by atoms with Gasteiger partial charge in [0.2, 0.25) is 0 Å². The van der Waals surface area contributed by atoms with E-state index in [-0.39, 0.29) is 55.5 Å². The Morgan fingerprint density at radius 1 is 0.927 bits per heavy atom. The van der Waals surface area contributed by atoms with E-state index in [1.54, 1.807) is 27.9 Å². The molecule has 0 aromatic rings. The highest BCUT2D eigenvalue weighted by atomic mass is 19.4. The van der Waals surface area contributed by atoms with Gasteiger partial charge in [-0.3, -0.25) is 9.59 Å². The zero-order valence-corrected chi connectivity index (χ0v) is 25.7. The third-order valence-electron chi connectivity index (χ3n) is 11.4. The predicted molar refractivity (Wildman–Crippen MR) is 148 cm³/mol. The molecule has 0 bridgehead atoms. The van der Waals surface area contributed by atoms with Gasteiger partial charge in [-0.05, 0) is 125 Å². The van der Waals surface area contributed by atoms with Crippen molar-refractivity contribution in [2.45, 2.75) is 129 Å². The van der Waals surface area contributed by atoms with E-state index in [1.807, 2.05) is 0 Å². The monoisotopic (exact) mass is 588 g/mol. The smallest absolute Gasteiger partial charge is 0.417 e. The van der Waals surface area contributed by atoms with Crippen molar-refractivity contribution in [1.82, 2.24) is 0 Å². The van der Waals surface area contributed by atoms with Crippen molar-refractivity contribution in [3.63, 3.8) is 0 Å². The second kappa shape index (κ2) is 12.0. The van der Waals surface area contributed by atoms with Crippen LogP contribution in [0.25, 0.3) is 0 Å². The van der Waals surface area contributed by atoms with Crippen LogP contribution < -0.4 is 0 Å². The molecular weight excluding hydrogens is 537 g/mol. The maximum absolute atomic E-state index is 13.6. The molecule has 4 fully saturated rings. The summed E-state index contributed by atoms with van der Waals surface area (Å²) in [7, 11) is 1.60. The van der Waals surface area contributed by atoms with Gasteiger partial charge < -0.3 is 19.3 Å². The van der Waals surface area contributed by atoms with Gasteiger partial charge in [0.1, 0.15) is 11.7 Å². The standard InChI is InChI=1S/C32H51F3O6/c1-19(26(18-39-6)40-27(36)11-12-28(37)41-29(2,3)4)24-9-10-25-23-8-7-20-17-31(38,32(33,34)35)16-14-21(20)22(23)13-15-30(24,25)5/h19-26,38H,7-18H2,1-6H3/t19-,20+,21-,22+,23+,24+,25-,26+,30+,31+/m0/s1. The summed E-state index contributed by atoms with van der Waals surface area (Å²) in [6.07, 6.45) is 0.925. The molecule has 0 radical (unpaired) electrons. The Labute approximate surface area is 243 Å². The third-order valence-corrected chi connectivity index (χ3v) is 11.4. The van der Waals surface area contributed by atoms with Crippen LogP contribution in [0.3, 0.4) is 0 Å². The van der Waals surface area contributed by atoms with Crippen molar-refractivity contribution in [1.29, 1.82) is 0 Å². The Bertz CT molecular complexity index is 947. The molecule has 0 aromatic carbocycles. The minimum atomic E-state index is -4.56. The molecule has 4 aliphatic rings. The summed E-state index contributed by atoms with van der Waals surface area (Å²) in [6, 6.07) is 0. The van der Waals surface area contributed by atoms with Crippen LogP contribution in [0.1, 0.15) is 105 Å². The van der Waals surface area contributed by atoms with Gasteiger partial charge in [0.05, 0.1) is 19.4 Å². The zero-order chi connectivity index (χ0) is 30.4. The SMILES string of the molecule is COC[C@@H](OC(=O)CCC(=O)OC(C)(C)C)[C@@H](C)[C@H]1CC[C@H]2[C@@H]3CC[C@@H]4C[C@@](O)(C(F)(F)F)CC[C@@H]4[C@H]3CC[C@]12C. The van der Waals surface area contributed by atoms with Gasteiger partial charge in [-0.2, -0.15) is 13.2 Å². The molecule has 4 rings (SSSR count). The number of ether oxygens (including phenoxy) is 3. The van der Waals surface area contributed by atoms with Crippen molar-refractivity contribution in [3.8, 4) is 0 Å². The van der Waals surface area contributed by atoms with Crippen LogP contribution in [0.4, 0.5) is 13.2 Å². The van der Waals surface area contributed by atoms with Gasteiger partial charge >= 0.3 is 18.1 Å². The predicted octanol–water partition coefficient (Wildman–Crippen LogP) is 6.86. The van der Waals surface area contributed by atoms with Crippen LogP contribution in [0.2, 0.25) is 0 Å². The van der Waals surface area contributed by atoms with E-state index in [1.165, 1.54) is 0 Å². The molecule has 4 saturated carbocycles. The second-order valence-corrected chi connectivity index (χ2v) is 14.9. The van der Waals surface area contributed by atoms with Gasteiger partial charge in [-0.25, -0.2) is 0 Å². The molecular formula is C32H51F3O6. The Balaban J connectivity index is 1.39. The van der Waals surface area contributed by atoms with Crippen LogP contribution >= 0.6 is 0 Å². The van der Waals surface area contributed by atoms with Gasteiger partial charge in [-0.1, -0.05) is 13.8 Å². The number of halogens is 3. The Morgan fingerprint density at radius 2 is 1.59 bits per heavy atom. The van der Waals surface area contributed by atoms with Crippen molar-refractivity contribution >= 4 is 11.9 Å². The number of rotatable bonds is 8. The van der Waals surface area contributed by atoms with E-state index in [0.717, 1.165) is 38.5 Å². The first kappa shape index (κ1) is 32.6. The molecule has 236 valence electrons. The Kier molecular flexibility index (Phi) is 9.51. The number of fused-ring (bicyclic) bond motifs is 5. The summed E-state index contributed by atoms with van der Waals surface area (Å²) >= 11 is 0. The number of esters is 2. The van der Waals surface area contributed by atoms with Crippen LogP contribution in [-0.2, 0) is 23.8 Å². The highest BCUT2D eigenvalue weighted by molar-refractivity contribution is 5.78. The molecule has 0 saturated heterocycles. The summed E-state index contributed by atoms with van der Waals surface area (Å²) < 4.78 is 57.4. The fourth-order valence-electron chi connectivity index (χ4n) is 9.58. The molecule has 1 N–H and O–H groups in total. The summed E-state index contributed by atoms with van der Waals surface area (Å²) in [5.74, 6) is 1.20. The average molecular weight is 589 g/mol. The third kappa shape index (κ3) is 6.76. The first-order valence-electron chi connectivity index (χ1n) is 15.7. The lowest BCUT2D eigenvalue weighted by atomic mass is 9.48. The molecule has 0 aromatic heterocycles. The van der Waals surface area contributed by atoms with Gasteiger partial charge in [0.15, 0.2) is 5.60 Å². The zero-order valence-electron chi connectivity index (χ0n) is 25.7. The minimum absolute atomic E-state index is 0.0288. The number of hydrogen-bond donors (Lipinski definition) is 1. The first-order valence-corrected chi connectivity index (χ1v) is 15.7. The first-order chi connectivity index (χ1) is 19.0. The fraction of sp³-hybridized carbons (Fsp3) is 0.938. The molecule has 10 atom stereocenters. The van der Waals surface area contributed by atoms with Gasteiger partial charge in [0, 0.05) is 7.11 Å². The normalized spacial score (nSPS) is 38.7. The minimum Gasteiger partial charge on any atom is -0.460 e.